The zero-order chi connectivity index (χ0) is 14.7. The van der Waals surface area contributed by atoms with Gasteiger partial charge in [0.1, 0.15) is 6.10 Å². The molecule has 2 fully saturated rings. The molecule has 2 saturated carbocycles. The molecule has 4 heteroatoms. The number of hydrogen-bond acceptors (Lipinski definition) is 4. The van der Waals surface area contributed by atoms with Crippen molar-refractivity contribution in [1.29, 1.82) is 0 Å². The first-order valence-corrected chi connectivity index (χ1v) is 8.10. The fourth-order valence-corrected chi connectivity index (χ4v) is 2.84. The zero-order valence-corrected chi connectivity index (χ0v) is 12.7. The minimum atomic E-state index is -0.357. The van der Waals surface area contributed by atoms with Gasteiger partial charge in [-0.05, 0) is 45.1 Å². The fourth-order valence-electron chi connectivity index (χ4n) is 2.84. The molecular weight excluding hydrogens is 266 g/mol. The summed E-state index contributed by atoms with van der Waals surface area (Å²) in [4.78, 5) is 0. The maximum absolute atomic E-state index is 10.0. The second-order valence-corrected chi connectivity index (χ2v) is 5.99. The lowest BCUT2D eigenvalue weighted by Gasteiger charge is -2.22. The Hall–Kier alpha value is -1.26. The van der Waals surface area contributed by atoms with Crippen LogP contribution in [0.4, 0.5) is 0 Å². The van der Waals surface area contributed by atoms with E-state index in [1.54, 1.807) is 0 Å². The third-order valence-electron chi connectivity index (χ3n) is 4.21. The van der Waals surface area contributed by atoms with Crippen LogP contribution >= 0.6 is 0 Å². The minimum Gasteiger partial charge on any atom is -0.490 e. The lowest BCUT2D eigenvalue weighted by molar-refractivity contribution is 0.0575. The molecule has 2 N–H and O–H groups in total. The number of hydrogen-bond donors (Lipinski definition) is 2. The van der Waals surface area contributed by atoms with Gasteiger partial charge in [-0.25, -0.2) is 0 Å². The molecule has 1 aromatic rings. The predicted octanol–water partition coefficient (Wildman–Crippen LogP) is 2.63. The number of ether oxygens (including phenoxy) is 2. The Balaban J connectivity index is 1.77. The zero-order valence-electron chi connectivity index (χ0n) is 12.7. The van der Waals surface area contributed by atoms with Gasteiger partial charge in [0.05, 0.1) is 12.7 Å². The standard InChI is InChI=1S/C17H25NO3/c1-2-20-16-8-3-5-12(11-18-13-9-10-13)17(16)21-15-7-4-6-14(15)19/h3,5,8,13-15,18-19H,2,4,6-7,9-11H2,1H3. The van der Waals surface area contributed by atoms with Crippen molar-refractivity contribution in [2.24, 2.45) is 0 Å². The average Bonchev–Trinajstić information content (AvgIpc) is 3.23. The van der Waals surface area contributed by atoms with Gasteiger partial charge in [-0.2, -0.15) is 0 Å². The summed E-state index contributed by atoms with van der Waals surface area (Å²) < 4.78 is 11.9. The SMILES string of the molecule is CCOc1cccc(CNC2CC2)c1OC1CCCC1O. The molecule has 0 radical (unpaired) electrons. The fraction of sp³-hybridized carbons (Fsp3) is 0.647. The van der Waals surface area contributed by atoms with Gasteiger partial charge < -0.3 is 19.9 Å². The molecule has 116 valence electrons. The highest BCUT2D eigenvalue weighted by Gasteiger charge is 2.29. The third-order valence-corrected chi connectivity index (χ3v) is 4.21. The van der Waals surface area contributed by atoms with E-state index in [0.717, 1.165) is 42.9 Å². The van der Waals surface area contributed by atoms with E-state index in [0.29, 0.717) is 12.6 Å². The molecule has 0 heterocycles. The van der Waals surface area contributed by atoms with Crippen molar-refractivity contribution < 1.29 is 14.6 Å². The Labute approximate surface area is 126 Å². The van der Waals surface area contributed by atoms with Crippen molar-refractivity contribution >= 4 is 0 Å². The molecule has 1 aromatic carbocycles. The molecule has 0 amide bonds. The molecule has 0 saturated heterocycles. The Bertz CT molecular complexity index is 473. The normalized spacial score (nSPS) is 25.0. The average molecular weight is 291 g/mol. The number of benzene rings is 1. The van der Waals surface area contributed by atoms with E-state index in [1.165, 1.54) is 12.8 Å². The lowest BCUT2D eigenvalue weighted by atomic mass is 10.1. The largest absolute Gasteiger partial charge is 0.490 e. The van der Waals surface area contributed by atoms with Crippen molar-refractivity contribution in [3.63, 3.8) is 0 Å². The van der Waals surface area contributed by atoms with E-state index in [1.807, 2.05) is 19.1 Å². The Morgan fingerprint density at radius 1 is 1.24 bits per heavy atom. The summed E-state index contributed by atoms with van der Waals surface area (Å²) >= 11 is 0. The molecule has 2 aliphatic carbocycles. The molecule has 4 nitrogen and oxygen atoms in total. The summed E-state index contributed by atoms with van der Waals surface area (Å²) in [6.07, 6.45) is 4.84. The van der Waals surface area contributed by atoms with Crippen LogP contribution in [-0.2, 0) is 6.54 Å². The first-order chi connectivity index (χ1) is 10.3. The number of aliphatic hydroxyl groups excluding tert-OH is 1. The van der Waals surface area contributed by atoms with E-state index in [2.05, 4.69) is 11.4 Å². The van der Waals surface area contributed by atoms with Gasteiger partial charge in [0.2, 0.25) is 0 Å². The molecule has 2 unspecified atom stereocenters. The van der Waals surface area contributed by atoms with E-state index < -0.39 is 0 Å². The Morgan fingerprint density at radius 2 is 2.10 bits per heavy atom. The van der Waals surface area contributed by atoms with Crippen LogP contribution < -0.4 is 14.8 Å². The van der Waals surface area contributed by atoms with Crippen LogP contribution in [0.15, 0.2) is 18.2 Å². The van der Waals surface area contributed by atoms with Gasteiger partial charge in [-0.1, -0.05) is 12.1 Å². The van der Waals surface area contributed by atoms with E-state index in [-0.39, 0.29) is 12.2 Å². The van der Waals surface area contributed by atoms with Gasteiger partial charge in [0, 0.05) is 18.2 Å². The van der Waals surface area contributed by atoms with Crippen LogP contribution in [0.5, 0.6) is 11.5 Å². The summed E-state index contributed by atoms with van der Waals surface area (Å²) in [5, 5.41) is 13.5. The molecular formula is C17H25NO3. The monoisotopic (exact) mass is 291 g/mol. The van der Waals surface area contributed by atoms with Crippen LogP contribution in [0.3, 0.4) is 0 Å². The van der Waals surface area contributed by atoms with Gasteiger partial charge in [0.25, 0.3) is 0 Å². The van der Waals surface area contributed by atoms with Gasteiger partial charge >= 0.3 is 0 Å². The summed E-state index contributed by atoms with van der Waals surface area (Å²) in [5.41, 5.74) is 1.12. The topological polar surface area (TPSA) is 50.7 Å². The van der Waals surface area contributed by atoms with E-state index >= 15 is 0 Å². The van der Waals surface area contributed by atoms with E-state index in [9.17, 15) is 5.11 Å². The summed E-state index contributed by atoms with van der Waals surface area (Å²) in [6.45, 7) is 3.39. The lowest BCUT2D eigenvalue weighted by Crippen LogP contribution is -2.27. The van der Waals surface area contributed by atoms with Crippen molar-refractivity contribution in [1.82, 2.24) is 5.32 Å². The molecule has 3 rings (SSSR count). The van der Waals surface area contributed by atoms with E-state index in [4.69, 9.17) is 9.47 Å². The number of nitrogens with one attached hydrogen (secondary N) is 1. The van der Waals surface area contributed by atoms with Crippen LogP contribution in [-0.4, -0.2) is 30.0 Å². The molecule has 0 spiro atoms. The van der Waals surface area contributed by atoms with Gasteiger partial charge in [-0.15, -0.1) is 0 Å². The Morgan fingerprint density at radius 3 is 2.76 bits per heavy atom. The highest BCUT2D eigenvalue weighted by molar-refractivity contribution is 5.47. The van der Waals surface area contributed by atoms with Crippen molar-refractivity contribution in [3.05, 3.63) is 23.8 Å². The highest BCUT2D eigenvalue weighted by Crippen LogP contribution is 2.35. The maximum atomic E-state index is 10.0. The molecule has 0 aromatic heterocycles. The van der Waals surface area contributed by atoms with Crippen LogP contribution in [0, 0.1) is 0 Å². The molecule has 2 atom stereocenters. The van der Waals surface area contributed by atoms with Crippen molar-refractivity contribution in [2.45, 2.75) is 63.8 Å². The number of para-hydroxylation sites is 1. The summed E-state index contributed by atoms with van der Waals surface area (Å²) in [6, 6.07) is 6.69. The number of aliphatic hydroxyl groups is 1. The van der Waals surface area contributed by atoms with Crippen LogP contribution in [0.25, 0.3) is 0 Å². The maximum Gasteiger partial charge on any atom is 0.166 e. The molecule has 21 heavy (non-hydrogen) atoms. The third kappa shape index (κ3) is 3.69. The summed E-state index contributed by atoms with van der Waals surface area (Å²) in [5.74, 6) is 1.59. The molecule has 0 aliphatic heterocycles. The number of rotatable bonds is 7. The first-order valence-electron chi connectivity index (χ1n) is 8.10. The first kappa shape index (κ1) is 14.7. The molecule has 2 aliphatic rings. The predicted molar refractivity (Wildman–Crippen MR) is 81.7 cm³/mol. The summed E-state index contributed by atoms with van der Waals surface area (Å²) in [7, 11) is 0. The molecule has 0 bridgehead atoms. The smallest absolute Gasteiger partial charge is 0.166 e. The minimum absolute atomic E-state index is 0.105. The Kier molecular flexibility index (Phi) is 4.66. The quantitative estimate of drug-likeness (QED) is 0.811. The second kappa shape index (κ2) is 6.67. The second-order valence-electron chi connectivity index (χ2n) is 5.99. The van der Waals surface area contributed by atoms with Crippen LogP contribution in [0.1, 0.15) is 44.6 Å². The van der Waals surface area contributed by atoms with Gasteiger partial charge in [-0.3, -0.25) is 0 Å². The van der Waals surface area contributed by atoms with Crippen molar-refractivity contribution in [3.8, 4) is 11.5 Å². The van der Waals surface area contributed by atoms with Crippen molar-refractivity contribution in [2.75, 3.05) is 6.61 Å². The highest BCUT2D eigenvalue weighted by atomic mass is 16.5. The van der Waals surface area contributed by atoms with Gasteiger partial charge in [0.15, 0.2) is 11.5 Å². The van der Waals surface area contributed by atoms with Crippen LogP contribution in [0.2, 0.25) is 0 Å².